The molecule has 9 heteroatoms. The van der Waals surface area contributed by atoms with Gasteiger partial charge in [-0.05, 0) is 36.2 Å². The van der Waals surface area contributed by atoms with Gasteiger partial charge in [0.15, 0.2) is 5.69 Å². The van der Waals surface area contributed by atoms with Crippen molar-refractivity contribution < 1.29 is 19.1 Å². The third kappa shape index (κ3) is 6.30. The monoisotopic (exact) mass is 423 g/mol. The van der Waals surface area contributed by atoms with Crippen molar-refractivity contribution in [2.75, 3.05) is 26.1 Å². The van der Waals surface area contributed by atoms with Crippen LogP contribution in [0.5, 0.6) is 11.5 Å². The molecule has 9 nitrogen and oxygen atoms in total. The van der Waals surface area contributed by atoms with Crippen LogP contribution in [0.2, 0.25) is 0 Å². The number of para-hydroxylation sites is 2. The van der Waals surface area contributed by atoms with Crippen molar-refractivity contribution in [1.82, 2.24) is 20.3 Å². The second kappa shape index (κ2) is 10.8. The lowest BCUT2D eigenvalue weighted by atomic mass is 10.1. The van der Waals surface area contributed by atoms with Crippen LogP contribution in [0, 0.1) is 0 Å². The molecule has 0 spiro atoms. The first-order valence-electron chi connectivity index (χ1n) is 9.83. The molecule has 0 unspecified atom stereocenters. The van der Waals surface area contributed by atoms with Gasteiger partial charge in [0.25, 0.3) is 5.91 Å². The van der Waals surface area contributed by atoms with E-state index in [1.807, 2.05) is 30.3 Å². The summed E-state index contributed by atoms with van der Waals surface area (Å²) in [6.45, 7) is 0.785. The van der Waals surface area contributed by atoms with Gasteiger partial charge in [-0.25, -0.2) is 4.68 Å². The van der Waals surface area contributed by atoms with Gasteiger partial charge in [-0.2, -0.15) is 0 Å². The van der Waals surface area contributed by atoms with Crippen molar-refractivity contribution in [2.45, 2.75) is 19.4 Å². The van der Waals surface area contributed by atoms with E-state index in [1.54, 1.807) is 25.3 Å². The Hall–Kier alpha value is -3.88. The van der Waals surface area contributed by atoms with E-state index in [0.717, 1.165) is 11.3 Å². The highest BCUT2D eigenvalue weighted by Crippen LogP contribution is 2.23. The Labute approximate surface area is 180 Å². The number of amides is 2. The number of carbonyl (C=O) groups is 2. The molecule has 0 aliphatic rings. The van der Waals surface area contributed by atoms with Crippen LogP contribution < -0.4 is 20.1 Å². The lowest BCUT2D eigenvalue weighted by Crippen LogP contribution is -2.27. The zero-order chi connectivity index (χ0) is 22.1. The average Bonchev–Trinajstić information content (AvgIpc) is 3.27. The van der Waals surface area contributed by atoms with Gasteiger partial charge in [0.2, 0.25) is 5.91 Å². The van der Waals surface area contributed by atoms with E-state index in [-0.39, 0.29) is 11.6 Å². The highest BCUT2D eigenvalue weighted by Gasteiger charge is 2.13. The molecule has 3 aromatic rings. The zero-order valence-corrected chi connectivity index (χ0v) is 17.5. The van der Waals surface area contributed by atoms with E-state index < -0.39 is 5.91 Å². The number of methoxy groups -OCH3 is 2. The molecule has 0 radical (unpaired) electrons. The Morgan fingerprint density at radius 1 is 1.06 bits per heavy atom. The van der Waals surface area contributed by atoms with Crippen molar-refractivity contribution in [3.8, 4) is 11.5 Å². The molecule has 0 aliphatic carbocycles. The average molecular weight is 423 g/mol. The molecular weight excluding hydrogens is 398 g/mol. The standard InChI is InChI=1S/C22H25N5O4/c1-30-17-7-5-6-16(14-17)10-11-21(28)23-12-13-27-15-19(25-26-27)22(29)24-18-8-3-4-9-20(18)31-2/h3-9,14-15H,10-13H2,1-2H3,(H,23,28)(H,24,29). The smallest absolute Gasteiger partial charge is 0.277 e. The van der Waals surface area contributed by atoms with E-state index in [2.05, 4.69) is 20.9 Å². The highest BCUT2D eigenvalue weighted by atomic mass is 16.5. The number of anilines is 1. The molecule has 0 saturated heterocycles. The van der Waals surface area contributed by atoms with Crippen LogP contribution in [0.3, 0.4) is 0 Å². The SMILES string of the molecule is COc1cccc(CCC(=O)NCCn2cc(C(=O)Nc3ccccc3OC)nn2)c1. The topological polar surface area (TPSA) is 107 Å². The van der Waals surface area contributed by atoms with Gasteiger partial charge in [0.05, 0.1) is 32.6 Å². The summed E-state index contributed by atoms with van der Waals surface area (Å²) in [5.41, 5.74) is 1.76. The fourth-order valence-corrected chi connectivity index (χ4v) is 2.93. The van der Waals surface area contributed by atoms with Gasteiger partial charge in [-0.15, -0.1) is 5.10 Å². The Kier molecular flexibility index (Phi) is 7.58. The fourth-order valence-electron chi connectivity index (χ4n) is 2.93. The molecule has 2 N–H and O–H groups in total. The highest BCUT2D eigenvalue weighted by molar-refractivity contribution is 6.03. The summed E-state index contributed by atoms with van der Waals surface area (Å²) in [7, 11) is 3.15. The van der Waals surface area contributed by atoms with Crippen molar-refractivity contribution in [3.05, 3.63) is 66.0 Å². The van der Waals surface area contributed by atoms with Gasteiger partial charge < -0.3 is 20.1 Å². The minimum absolute atomic E-state index is 0.0583. The Balaban J connectivity index is 1.43. The summed E-state index contributed by atoms with van der Waals surface area (Å²) in [4.78, 5) is 24.5. The molecule has 0 saturated carbocycles. The lowest BCUT2D eigenvalue weighted by molar-refractivity contribution is -0.121. The summed E-state index contributed by atoms with van der Waals surface area (Å²) in [6.07, 6.45) is 2.53. The van der Waals surface area contributed by atoms with Crippen LogP contribution in [-0.2, 0) is 17.8 Å². The van der Waals surface area contributed by atoms with Crippen LogP contribution in [0.1, 0.15) is 22.5 Å². The first kappa shape index (κ1) is 21.8. The summed E-state index contributed by atoms with van der Waals surface area (Å²) >= 11 is 0. The number of hydrogen-bond acceptors (Lipinski definition) is 6. The molecule has 162 valence electrons. The number of aryl methyl sites for hydroxylation is 1. The van der Waals surface area contributed by atoms with E-state index in [9.17, 15) is 9.59 Å². The predicted octanol–water partition coefficient (Wildman–Crippen LogP) is 2.30. The molecular formula is C22H25N5O4. The molecule has 0 fully saturated rings. The molecule has 2 aromatic carbocycles. The van der Waals surface area contributed by atoms with E-state index >= 15 is 0 Å². The third-order valence-corrected chi connectivity index (χ3v) is 4.56. The molecule has 0 bridgehead atoms. The van der Waals surface area contributed by atoms with E-state index in [1.165, 1.54) is 18.0 Å². The first-order chi connectivity index (χ1) is 15.1. The number of carbonyl (C=O) groups excluding carboxylic acids is 2. The van der Waals surface area contributed by atoms with Gasteiger partial charge in [0, 0.05) is 13.0 Å². The summed E-state index contributed by atoms with van der Waals surface area (Å²) < 4.78 is 11.9. The number of ether oxygens (including phenoxy) is 2. The van der Waals surface area contributed by atoms with E-state index in [0.29, 0.717) is 37.4 Å². The molecule has 31 heavy (non-hydrogen) atoms. The Morgan fingerprint density at radius 2 is 1.90 bits per heavy atom. The third-order valence-electron chi connectivity index (χ3n) is 4.56. The minimum atomic E-state index is -0.391. The number of aromatic nitrogens is 3. The van der Waals surface area contributed by atoms with Crippen LogP contribution in [0.4, 0.5) is 5.69 Å². The van der Waals surface area contributed by atoms with Gasteiger partial charge in [0.1, 0.15) is 11.5 Å². The molecule has 1 aromatic heterocycles. The van der Waals surface area contributed by atoms with Crippen molar-refractivity contribution in [3.63, 3.8) is 0 Å². The fraction of sp³-hybridized carbons (Fsp3) is 0.273. The Bertz CT molecular complexity index is 1030. The molecule has 1 heterocycles. The van der Waals surface area contributed by atoms with E-state index in [4.69, 9.17) is 9.47 Å². The largest absolute Gasteiger partial charge is 0.497 e. The number of benzene rings is 2. The molecule has 2 amide bonds. The summed E-state index contributed by atoms with van der Waals surface area (Å²) in [6, 6.07) is 14.8. The quantitative estimate of drug-likeness (QED) is 0.518. The van der Waals surface area contributed by atoms with Crippen LogP contribution in [-0.4, -0.2) is 47.6 Å². The number of hydrogen-bond donors (Lipinski definition) is 2. The van der Waals surface area contributed by atoms with Crippen LogP contribution in [0.25, 0.3) is 0 Å². The predicted molar refractivity (Wildman–Crippen MR) is 115 cm³/mol. The first-order valence-corrected chi connectivity index (χ1v) is 9.83. The van der Waals surface area contributed by atoms with Crippen molar-refractivity contribution >= 4 is 17.5 Å². The molecule has 0 aliphatic heterocycles. The Morgan fingerprint density at radius 3 is 2.71 bits per heavy atom. The van der Waals surface area contributed by atoms with Gasteiger partial charge in [-0.3, -0.25) is 9.59 Å². The van der Waals surface area contributed by atoms with Crippen molar-refractivity contribution in [2.24, 2.45) is 0 Å². The second-order valence-electron chi connectivity index (χ2n) is 6.72. The second-order valence-corrected chi connectivity index (χ2v) is 6.72. The lowest BCUT2D eigenvalue weighted by Gasteiger charge is -2.08. The number of nitrogens with one attached hydrogen (secondary N) is 2. The molecule has 3 rings (SSSR count). The van der Waals surface area contributed by atoms with Gasteiger partial charge >= 0.3 is 0 Å². The maximum Gasteiger partial charge on any atom is 0.277 e. The summed E-state index contributed by atoms with van der Waals surface area (Å²) in [5, 5.41) is 13.4. The van der Waals surface area contributed by atoms with Crippen molar-refractivity contribution in [1.29, 1.82) is 0 Å². The maximum atomic E-state index is 12.4. The van der Waals surface area contributed by atoms with Gasteiger partial charge in [-0.1, -0.05) is 29.5 Å². The molecule has 0 atom stereocenters. The van der Waals surface area contributed by atoms with Crippen LogP contribution in [0.15, 0.2) is 54.7 Å². The zero-order valence-electron chi connectivity index (χ0n) is 17.5. The maximum absolute atomic E-state index is 12.4. The number of nitrogens with zero attached hydrogens (tertiary/aromatic N) is 3. The number of rotatable bonds is 10. The normalized spacial score (nSPS) is 10.4. The summed E-state index contributed by atoms with van der Waals surface area (Å²) in [5.74, 6) is 0.879. The minimum Gasteiger partial charge on any atom is -0.497 e. The van der Waals surface area contributed by atoms with Crippen LogP contribution >= 0.6 is 0 Å².